The van der Waals surface area contributed by atoms with Crippen LogP contribution in [0, 0.1) is 0 Å². The van der Waals surface area contributed by atoms with Gasteiger partial charge in [-0.05, 0) is 128 Å². The normalized spacial score (nSPS) is 11.9. The van der Waals surface area contributed by atoms with E-state index in [-0.39, 0.29) is 0 Å². The molecule has 11 aromatic carbocycles. The Morgan fingerprint density at radius 2 is 0.738 bits per heavy atom. The van der Waals surface area contributed by atoms with E-state index in [1.165, 1.54) is 87.1 Å². The smallest absolute Gasteiger partial charge is 0.0553 e. The van der Waals surface area contributed by atoms with Gasteiger partial charge in [0.05, 0.1) is 22.1 Å². The lowest BCUT2D eigenvalue weighted by Gasteiger charge is -2.25. The third kappa shape index (κ3) is 5.04. The van der Waals surface area contributed by atoms with Crippen molar-refractivity contribution in [2.24, 2.45) is 0 Å². The molecule has 0 spiro atoms. The predicted octanol–water partition coefficient (Wildman–Crippen LogP) is 15.9. The van der Waals surface area contributed by atoms with Crippen LogP contribution in [0.1, 0.15) is 0 Å². The predicted molar refractivity (Wildman–Crippen MR) is 259 cm³/mol. The molecule has 0 aliphatic rings. The lowest BCUT2D eigenvalue weighted by Crippen LogP contribution is -2.09. The third-order valence-corrected chi connectivity index (χ3v) is 12.8. The number of rotatable bonds is 6. The van der Waals surface area contributed by atoms with E-state index in [4.69, 9.17) is 0 Å². The van der Waals surface area contributed by atoms with Gasteiger partial charge in [-0.2, -0.15) is 0 Å². The molecule has 0 amide bonds. The Kier molecular flexibility index (Phi) is 7.31. The number of hydrogen-bond acceptors (Lipinski definition) is 1. The number of anilines is 3. The van der Waals surface area contributed by atoms with Gasteiger partial charge in [-0.1, -0.05) is 140 Å². The summed E-state index contributed by atoms with van der Waals surface area (Å²) >= 11 is 0. The minimum absolute atomic E-state index is 1.12. The first-order valence-electron chi connectivity index (χ1n) is 21.0. The summed E-state index contributed by atoms with van der Waals surface area (Å²) in [7, 11) is 0. The lowest BCUT2D eigenvalue weighted by molar-refractivity contribution is 1.15. The van der Waals surface area contributed by atoms with Crippen LogP contribution in [-0.2, 0) is 0 Å². The van der Waals surface area contributed by atoms with Crippen molar-refractivity contribution in [1.82, 2.24) is 9.13 Å². The van der Waals surface area contributed by atoms with Crippen LogP contribution in [0.3, 0.4) is 0 Å². The van der Waals surface area contributed by atoms with E-state index in [0.29, 0.717) is 0 Å². The first-order chi connectivity index (χ1) is 30.3. The van der Waals surface area contributed by atoms with Gasteiger partial charge in [0.1, 0.15) is 0 Å². The fraction of sp³-hybridized carbons (Fsp3) is 0. The van der Waals surface area contributed by atoms with Gasteiger partial charge in [0.2, 0.25) is 0 Å². The van der Waals surface area contributed by atoms with Crippen LogP contribution in [0.2, 0.25) is 0 Å². The molecule has 0 N–H and O–H groups in total. The molecule has 0 fully saturated rings. The Balaban J connectivity index is 0.959. The van der Waals surface area contributed by atoms with Crippen LogP contribution in [0.4, 0.5) is 17.1 Å². The average Bonchev–Trinajstić information content (AvgIpc) is 3.85. The molecule has 0 radical (unpaired) electrons. The summed E-state index contributed by atoms with van der Waals surface area (Å²) in [4.78, 5) is 2.32. The topological polar surface area (TPSA) is 13.1 Å². The quantitative estimate of drug-likeness (QED) is 0.153. The SMILES string of the molecule is c1ccc(N(c2ccccc2)c2ccc(-c3ccc4ccc5cc6c(c7ccc3c4c57)c3ccccc3n6-c3ccc(-n4c5ccccc5c5ccccc54)cc3)cc2)cc1. The maximum absolute atomic E-state index is 2.45. The summed E-state index contributed by atoms with van der Waals surface area (Å²) in [6.45, 7) is 0. The van der Waals surface area contributed by atoms with Crippen molar-refractivity contribution >= 4 is 93.0 Å². The van der Waals surface area contributed by atoms with Gasteiger partial charge in [0.25, 0.3) is 0 Å². The van der Waals surface area contributed by atoms with Crippen LogP contribution in [0.25, 0.3) is 98.4 Å². The second-order valence-corrected chi connectivity index (χ2v) is 16.1. The highest BCUT2D eigenvalue weighted by molar-refractivity contribution is 6.34. The van der Waals surface area contributed by atoms with Crippen LogP contribution in [-0.4, -0.2) is 9.13 Å². The molecule has 0 unspecified atom stereocenters. The highest BCUT2D eigenvalue weighted by Crippen LogP contribution is 2.46. The van der Waals surface area contributed by atoms with Gasteiger partial charge in [-0.25, -0.2) is 0 Å². The summed E-state index contributed by atoms with van der Waals surface area (Å²) in [5.74, 6) is 0. The molecule has 13 aromatic rings. The lowest BCUT2D eigenvalue weighted by atomic mass is 9.88. The molecule has 0 bridgehead atoms. The van der Waals surface area contributed by atoms with E-state index < -0.39 is 0 Å². The Labute approximate surface area is 352 Å². The summed E-state index contributed by atoms with van der Waals surface area (Å²) in [6, 6.07) is 82.0. The van der Waals surface area contributed by atoms with Crippen LogP contribution in [0.15, 0.2) is 224 Å². The third-order valence-electron chi connectivity index (χ3n) is 12.8. The molecule has 0 atom stereocenters. The zero-order chi connectivity index (χ0) is 40.0. The zero-order valence-electron chi connectivity index (χ0n) is 33.2. The highest BCUT2D eigenvalue weighted by Gasteiger charge is 2.21. The Morgan fingerprint density at radius 1 is 0.279 bits per heavy atom. The largest absolute Gasteiger partial charge is 0.311 e. The standard InChI is InChI=1S/C58H37N3/c1-3-13-41(14-4-1)59(42-15-5-2-6-16-42)43-28-25-38(26-29-43)46-34-27-39-23-24-40-37-55-58(51-36-35-49(46)56(39)57(40)51)50-19-9-12-22-54(50)61(55)45-32-30-44(31-33-45)60-52-20-10-7-17-47(52)48-18-8-11-21-53(48)60/h1-37H. The summed E-state index contributed by atoms with van der Waals surface area (Å²) in [5, 5.41) is 12.8. The second-order valence-electron chi connectivity index (χ2n) is 16.1. The number of aromatic nitrogens is 2. The monoisotopic (exact) mass is 775 g/mol. The van der Waals surface area contributed by atoms with Gasteiger partial charge in [-0.15, -0.1) is 0 Å². The van der Waals surface area contributed by atoms with Crippen molar-refractivity contribution in [2.75, 3.05) is 4.90 Å². The van der Waals surface area contributed by atoms with E-state index in [1.807, 2.05) is 0 Å². The fourth-order valence-corrected chi connectivity index (χ4v) is 10.2. The minimum atomic E-state index is 1.12. The molecule has 0 saturated carbocycles. The number of fused-ring (bicyclic) bond motifs is 7. The number of para-hydroxylation sites is 5. The minimum Gasteiger partial charge on any atom is -0.311 e. The summed E-state index contributed by atoms with van der Waals surface area (Å²) in [5.41, 5.74) is 13.0. The molecule has 3 heteroatoms. The van der Waals surface area contributed by atoms with Crippen molar-refractivity contribution in [1.29, 1.82) is 0 Å². The van der Waals surface area contributed by atoms with Crippen molar-refractivity contribution in [3.63, 3.8) is 0 Å². The Morgan fingerprint density at radius 3 is 1.36 bits per heavy atom. The van der Waals surface area contributed by atoms with E-state index in [0.717, 1.165) is 28.4 Å². The van der Waals surface area contributed by atoms with Crippen LogP contribution in [0.5, 0.6) is 0 Å². The van der Waals surface area contributed by atoms with Gasteiger partial charge < -0.3 is 14.0 Å². The molecule has 2 aromatic heterocycles. The van der Waals surface area contributed by atoms with E-state index >= 15 is 0 Å². The van der Waals surface area contributed by atoms with Crippen molar-refractivity contribution in [2.45, 2.75) is 0 Å². The molecule has 2 heterocycles. The second kappa shape index (κ2) is 13.2. The first kappa shape index (κ1) is 33.8. The van der Waals surface area contributed by atoms with E-state index in [1.54, 1.807) is 0 Å². The van der Waals surface area contributed by atoms with Gasteiger partial charge in [0, 0.05) is 50.0 Å². The molecule has 0 aliphatic carbocycles. The Hall–Kier alpha value is -8.14. The first-order valence-corrected chi connectivity index (χ1v) is 21.0. The number of benzene rings is 11. The van der Waals surface area contributed by atoms with Crippen LogP contribution >= 0.6 is 0 Å². The summed E-state index contributed by atoms with van der Waals surface area (Å²) < 4.78 is 4.84. The van der Waals surface area contributed by atoms with Gasteiger partial charge in [-0.3, -0.25) is 0 Å². The maximum atomic E-state index is 2.45. The number of nitrogens with zero attached hydrogens (tertiary/aromatic N) is 3. The number of hydrogen-bond donors (Lipinski definition) is 0. The van der Waals surface area contributed by atoms with Crippen molar-refractivity contribution in [3.8, 4) is 22.5 Å². The Bertz CT molecular complexity index is 3690. The average molecular weight is 776 g/mol. The van der Waals surface area contributed by atoms with Gasteiger partial charge in [0.15, 0.2) is 0 Å². The zero-order valence-corrected chi connectivity index (χ0v) is 33.2. The highest BCUT2D eigenvalue weighted by atomic mass is 15.1. The molecular weight excluding hydrogens is 739 g/mol. The van der Waals surface area contributed by atoms with Gasteiger partial charge >= 0.3 is 0 Å². The molecule has 0 aliphatic heterocycles. The molecule has 284 valence electrons. The fourth-order valence-electron chi connectivity index (χ4n) is 10.2. The molecule has 3 nitrogen and oxygen atoms in total. The van der Waals surface area contributed by atoms with E-state index in [2.05, 4.69) is 238 Å². The summed E-state index contributed by atoms with van der Waals surface area (Å²) in [6.07, 6.45) is 0. The van der Waals surface area contributed by atoms with E-state index in [9.17, 15) is 0 Å². The van der Waals surface area contributed by atoms with Crippen molar-refractivity contribution in [3.05, 3.63) is 224 Å². The molecule has 61 heavy (non-hydrogen) atoms. The van der Waals surface area contributed by atoms with Crippen LogP contribution < -0.4 is 4.90 Å². The molecule has 0 saturated heterocycles. The van der Waals surface area contributed by atoms with Crippen molar-refractivity contribution < 1.29 is 0 Å². The maximum Gasteiger partial charge on any atom is 0.0553 e. The molecule has 13 rings (SSSR count). The molecular formula is C58H37N3.